The summed E-state index contributed by atoms with van der Waals surface area (Å²) >= 11 is 0. The maximum absolute atomic E-state index is 10.0. The van der Waals surface area contributed by atoms with Crippen LogP contribution in [-0.2, 0) is 17.9 Å². The Morgan fingerprint density at radius 2 is 2.29 bits per heavy atom. The number of aliphatic hydroxyl groups excluding tert-OH is 1. The Morgan fingerprint density at radius 1 is 1.42 bits per heavy atom. The molecule has 1 aromatic carbocycles. The Bertz CT molecular complexity index is 645. The fourth-order valence-corrected chi connectivity index (χ4v) is 3.15. The van der Waals surface area contributed by atoms with Gasteiger partial charge in [-0.05, 0) is 37.1 Å². The highest BCUT2D eigenvalue weighted by molar-refractivity contribution is 5.37. The van der Waals surface area contributed by atoms with Crippen molar-refractivity contribution in [1.29, 1.82) is 0 Å². The van der Waals surface area contributed by atoms with Gasteiger partial charge >= 0.3 is 0 Å². The Balaban J connectivity index is 1.62. The zero-order chi connectivity index (χ0) is 16.9. The second-order valence-corrected chi connectivity index (χ2v) is 6.05. The zero-order valence-electron chi connectivity index (χ0n) is 14.2. The molecule has 0 radical (unpaired) electrons. The smallest absolute Gasteiger partial charge is 0.124 e. The molecule has 1 heterocycles. The van der Waals surface area contributed by atoms with Gasteiger partial charge in [-0.3, -0.25) is 4.68 Å². The van der Waals surface area contributed by atoms with E-state index < -0.39 is 0 Å². The lowest BCUT2D eigenvalue weighted by Gasteiger charge is -2.42. The van der Waals surface area contributed by atoms with Gasteiger partial charge in [0, 0.05) is 37.2 Å². The molecule has 0 aliphatic heterocycles. The van der Waals surface area contributed by atoms with Gasteiger partial charge in [0.2, 0.25) is 0 Å². The molecule has 0 bridgehead atoms. The third kappa shape index (κ3) is 3.61. The number of nitrogens with zero attached hydrogens (tertiary/aromatic N) is 2. The van der Waals surface area contributed by atoms with Crippen molar-refractivity contribution >= 4 is 0 Å². The van der Waals surface area contributed by atoms with Gasteiger partial charge in [-0.25, -0.2) is 0 Å². The monoisotopic (exact) mass is 331 g/mol. The van der Waals surface area contributed by atoms with Crippen LogP contribution in [0.4, 0.5) is 0 Å². The first-order valence-corrected chi connectivity index (χ1v) is 8.37. The summed E-state index contributed by atoms with van der Waals surface area (Å²) in [6, 6.07) is 8.24. The van der Waals surface area contributed by atoms with E-state index in [-0.39, 0.29) is 18.2 Å². The number of nitrogens with one attached hydrogen (secondary N) is 1. The lowest BCUT2D eigenvalue weighted by Crippen LogP contribution is -2.54. The summed E-state index contributed by atoms with van der Waals surface area (Å²) in [5, 5.41) is 17.8. The van der Waals surface area contributed by atoms with Gasteiger partial charge in [0.1, 0.15) is 5.75 Å². The zero-order valence-corrected chi connectivity index (χ0v) is 14.2. The van der Waals surface area contributed by atoms with Crippen LogP contribution in [0.1, 0.15) is 30.5 Å². The topological polar surface area (TPSA) is 68.5 Å². The normalized spacial score (nSPS) is 23.0. The molecular weight excluding hydrogens is 306 g/mol. The lowest BCUT2D eigenvalue weighted by molar-refractivity contribution is -0.00822. The van der Waals surface area contributed by atoms with Crippen LogP contribution in [0.2, 0.25) is 0 Å². The van der Waals surface area contributed by atoms with Gasteiger partial charge in [-0.15, -0.1) is 0 Å². The SMILES string of the molecule is CCOCc1cc(CN[C@H]2C[C@@H](O)[C@@H]2n2cccn2)ccc1OC. The summed E-state index contributed by atoms with van der Waals surface area (Å²) in [6.07, 6.45) is 4.04. The highest BCUT2D eigenvalue weighted by atomic mass is 16.5. The number of methoxy groups -OCH3 is 1. The molecule has 1 fully saturated rings. The molecule has 0 spiro atoms. The molecule has 3 rings (SSSR count). The molecule has 1 aliphatic carbocycles. The maximum Gasteiger partial charge on any atom is 0.124 e. The summed E-state index contributed by atoms with van der Waals surface area (Å²) in [7, 11) is 1.67. The number of rotatable bonds is 8. The average Bonchev–Trinajstić information content (AvgIpc) is 3.09. The summed E-state index contributed by atoms with van der Waals surface area (Å²) in [6.45, 7) is 3.94. The summed E-state index contributed by atoms with van der Waals surface area (Å²) in [4.78, 5) is 0. The van der Waals surface area contributed by atoms with Crippen LogP contribution in [0.25, 0.3) is 0 Å². The number of hydrogen-bond acceptors (Lipinski definition) is 5. The first-order chi connectivity index (χ1) is 11.7. The van der Waals surface area contributed by atoms with Crippen molar-refractivity contribution in [3.8, 4) is 5.75 Å². The summed E-state index contributed by atoms with van der Waals surface area (Å²) < 4.78 is 12.7. The molecule has 1 aromatic heterocycles. The quantitative estimate of drug-likeness (QED) is 0.773. The Morgan fingerprint density at radius 3 is 2.96 bits per heavy atom. The van der Waals surface area contributed by atoms with Crippen molar-refractivity contribution < 1.29 is 14.6 Å². The molecule has 1 aliphatic rings. The minimum absolute atomic E-state index is 0.00106. The summed E-state index contributed by atoms with van der Waals surface area (Å²) in [5.41, 5.74) is 2.22. The van der Waals surface area contributed by atoms with E-state index in [1.54, 1.807) is 13.3 Å². The molecule has 6 heteroatoms. The van der Waals surface area contributed by atoms with E-state index >= 15 is 0 Å². The lowest BCUT2D eigenvalue weighted by atomic mass is 9.83. The molecule has 24 heavy (non-hydrogen) atoms. The molecule has 6 nitrogen and oxygen atoms in total. The van der Waals surface area contributed by atoms with Crippen LogP contribution in [-0.4, -0.2) is 40.7 Å². The van der Waals surface area contributed by atoms with Crippen molar-refractivity contribution in [2.24, 2.45) is 0 Å². The van der Waals surface area contributed by atoms with E-state index in [2.05, 4.69) is 22.5 Å². The summed E-state index contributed by atoms with van der Waals surface area (Å²) in [5.74, 6) is 0.848. The largest absolute Gasteiger partial charge is 0.496 e. The number of aromatic nitrogens is 2. The van der Waals surface area contributed by atoms with Gasteiger partial charge in [0.15, 0.2) is 0 Å². The maximum atomic E-state index is 10.0. The van der Waals surface area contributed by atoms with Gasteiger partial charge in [-0.2, -0.15) is 5.10 Å². The van der Waals surface area contributed by atoms with E-state index in [0.717, 1.165) is 24.3 Å². The van der Waals surface area contributed by atoms with E-state index in [9.17, 15) is 5.11 Å². The van der Waals surface area contributed by atoms with Crippen LogP contribution in [0.5, 0.6) is 5.75 Å². The molecule has 2 N–H and O–H groups in total. The third-order valence-electron chi connectivity index (χ3n) is 4.51. The van der Waals surface area contributed by atoms with Gasteiger partial charge < -0.3 is 19.9 Å². The van der Waals surface area contributed by atoms with Crippen LogP contribution in [0.15, 0.2) is 36.7 Å². The van der Waals surface area contributed by atoms with Crippen molar-refractivity contribution in [3.05, 3.63) is 47.8 Å². The van der Waals surface area contributed by atoms with Gasteiger partial charge in [0.25, 0.3) is 0 Å². The van der Waals surface area contributed by atoms with E-state index in [1.165, 1.54) is 5.56 Å². The Hall–Kier alpha value is -1.89. The fraction of sp³-hybridized carbons (Fsp3) is 0.500. The number of ether oxygens (including phenoxy) is 2. The average molecular weight is 331 g/mol. The van der Waals surface area contributed by atoms with Crippen LogP contribution in [0, 0.1) is 0 Å². The number of benzene rings is 1. The first-order valence-electron chi connectivity index (χ1n) is 8.37. The predicted octanol–water partition coefficient (Wildman–Crippen LogP) is 1.89. The Labute approximate surface area is 142 Å². The van der Waals surface area contributed by atoms with Crippen LogP contribution < -0.4 is 10.1 Å². The second kappa shape index (κ2) is 7.79. The van der Waals surface area contributed by atoms with Gasteiger partial charge in [-0.1, -0.05) is 6.07 Å². The predicted molar refractivity (Wildman–Crippen MR) is 90.8 cm³/mol. The van der Waals surface area contributed by atoms with E-state index in [1.807, 2.05) is 29.9 Å². The molecule has 0 amide bonds. The van der Waals surface area contributed by atoms with E-state index in [4.69, 9.17) is 9.47 Å². The van der Waals surface area contributed by atoms with Crippen molar-refractivity contribution in [1.82, 2.24) is 15.1 Å². The standard InChI is InChI=1S/C18H25N3O3/c1-3-24-12-14-9-13(5-6-17(14)23-2)11-19-15-10-16(22)18(15)21-8-4-7-20-21/h4-9,15-16,18-19,22H,3,10-12H2,1-2H3/t15-,16+,18+/m0/s1. The highest BCUT2D eigenvalue weighted by Crippen LogP contribution is 2.32. The van der Waals surface area contributed by atoms with Crippen LogP contribution >= 0.6 is 0 Å². The first kappa shape index (κ1) is 17.0. The van der Waals surface area contributed by atoms with Crippen molar-refractivity contribution in [2.45, 2.75) is 44.7 Å². The molecule has 3 atom stereocenters. The minimum atomic E-state index is -0.341. The van der Waals surface area contributed by atoms with Gasteiger partial charge in [0.05, 0.1) is 25.9 Å². The fourth-order valence-electron chi connectivity index (χ4n) is 3.15. The van der Waals surface area contributed by atoms with E-state index in [0.29, 0.717) is 13.2 Å². The molecule has 130 valence electrons. The molecule has 1 saturated carbocycles. The molecule has 2 aromatic rings. The number of aliphatic hydroxyl groups is 1. The van der Waals surface area contributed by atoms with Crippen LogP contribution in [0.3, 0.4) is 0 Å². The second-order valence-electron chi connectivity index (χ2n) is 6.05. The Kier molecular flexibility index (Phi) is 5.50. The number of hydrogen-bond donors (Lipinski definition) is 2. The van der Waals surface area contributed by atoms with Crippen molar-refractivity contribution in [3.63, 3.8) is 0 Å². The third-order valence-corrected chi connectivity index (χ3v) is 4.51. The molecule has 0 saturated heterocycles. The molecule has 0 unspecified atom stereocenters. The molecular formula is C18H25N3O3. The highest BCUT2D eigenvalue weighted by Gasteiger charge is 2.41. The van der Waals surface area contributed by atoms with Crippen molar-refractivity contribution in [2.75, 3.05) is 13.7 Å². The minimum Gasteiger partial charge on any atom is -0.496 e.